The van der Waals surface area contributed by atoms with E-state index in [1.165, 1.54) is 0 Å². The average molecular weight is 262 g/mol. The highest BCUT2D eigenvalue weighted by molar-refractivity contribution is 7.89. The minimum atomic E-state index is -3.24. The van der Waals surface area contributed by atoms with Gasteiger partial charge >= 0.3 is 0 Å². The first-order valence-corrected chi connectivity index (χ1v) is 7.94. The number of likely N-dealkylation sites (tertiary alicyclic amines) is 1. The van der Waals surface area contributed by atoms with Gasteiger partial charge < -0.3 is 10.0 Å². The quantitative estimate of drug-likeness (QED) is 0.760. The molecule has 6 heteroatoms. The molecule has 5 nitrogen and oxygen atoms in total. The summed E-state index contributed by atoms with van der Waals surface area (Å²) < 4.78 is 25.4. The summed E-state index contributed by atoms with van der Waals surface area (Å²) in [5.41, 5.74) is 0. The number of aliphatic hydroxyl groups excluding tert-OH is 1. The van der Waals surface area contributed by atoms with E-state index in [4.69, 9.17) is 5.11 Å². The van der Waals surface area contributed by atoms with Crippen molar-refractivity contribution in [2.75, 3.05) is 39.0 Å². The number of sulfonamides is 1. The lowest BCUT2D eigenvalue weighted by molar-refractivity contribution is 0.0670. The fourth-order valence-electron chi connectivity index (χ4n) is 3.12. The molecule has 17 heavy (non-hydrogen) atoms. The topological polar surface area (TPSA) is 60.9 Å². The molecule has 0 spiro atoms. The van der Waals surface area contributed by atoms with Gasteiger partial charge in [0.05, 0.1) is 12.4 Å². The standard InChI is InChI=1S/C11H22N2O3S/c1-12-5-2-3-10-9-13(6-4-11(10)12)17(15,16)8-7-14/h10-11,14H,2-9H2,1H3. The number of piperidine rings is 2. The summed E-state index contributed by atoms with van der Waals surface area (Å²) in [7, 11) is -1.10. The summed E-state index contributed by atoms with van der Waals surface area (Å²) in [5, 5.41) is 8.79. The molecule has 0 radical (unpaired) electrons. The van der Waals surface area contributed by atoms with Crippen molar-refractivity contribution >= 4 is 10.0 Å². The van der Waals surface area contributed by atoms with E-state index in [0.29, 0.717) is 25.0 Å². The first-order valence-electron chi connectivity index (χ1n) is 6.33. The zero-order valence-electron chi connectivity index (χ0n) is 10.4. The van der Waals surface area contributed by atoms with Crippen LogP contribution in [-0.4, -0.2) is 67.8 Å². The van der Waals surface area contributed by atoms with Crippen LogP contribution in [0.5, 0.6) is 0 Å². The Bertz CT molecular complexity index is 358. The van der Waals surface area contributed by atoms with Crippen molar-refractivity contribution in [2.45, 2.75) is 25.3 Å². The molecular formula is C11H22N2O3S. The molecule has 0 aromatic rings. The first kappa shape index (κ1) is 13.3. The molecule has 0 saturated carbocycles. The predicted molar refractivity (Wildman–Crippen MR) is 66.2 cm³/mol. The van der Waals surface area contributed by atoms with Crippen LogP contribution in [0.3, 0.4) is 0 Å². The molecule has 0 aliphatic carbocycles. The Kier molecular flexibility index (Phi) is 4.07. The van der Waals surface area contributed by atoms with Gasteiger partial charge in [0, 0.05) is 19.1 Å². The van der Waals surface area contributed by atoms with Crippen LogP contribution >= 0.6 is 0 Å². The van der Waals surface area contributed by atoms with E-state index in [-0.39, 0.29) is 12.4 Å². The van der Waals surface area contributed by atoms with Crippen LogP contribution in [0.4, 0.5) is 0 Å². The summed E-state index contributed by atoms with van der Waals surface area (Å²) in [4.78, 5) is 2.37. The molecule has 2 atom stereocenters. The van der Waals surface area contributed by atoms with E-state index in [2.05, 4.69) is 11.9 Å². The third-order valence-electron chi connectivity index (χ3n) is 4.05. The zero-order chi connectivity index (χ0) is 12.5. The van der Waals surface area contributed by atoms with Gasteiger partial charge in [0.1, 0.15) is 0 Å². The fraction of sp³-hybridized carbons (Fsp3) is 1.00. The van der Waals surface area contributed by atoms with Crippen molar-refractivity contribution in [3.8, 4) is 0 Å². The van der Waals surface area contributed by atoms with Crippen molar-refractivity contribution < 1.29 is 13.5 Å². The molecule has 0 amide bonds. The molecule has 2 fully saturated rings. The Balaban J connectivity index is 2.02. The van der Waals surface area contributed by atoms with Gasteiger partial charge in [-0.15, -0.1) is 0 Å². The minimum Gasteiger partial charge on any atom is -0.395 e. The maximum atomic E-state index is 11.9. The Labute approximate surface area is 103 Å². The van der Waals surface area contributed by atoms with Gasteiger partial charge in [-0.05, 0) is 38.8 Å². The summed E-state index contributed by atoms with van der Waals surface area (Å²) in [6.45, 7) is 2.09. The van der Waals surface area contributed by atoms with E-state index in [1.807, 2.05) is 0 Å². The summed E-state index contributed by atoms with van der Waals surface area (Å²) in [6.07, 6.45) is 3.21. The lowest BCUT2D eigenvalue weighted by Crippen LogP contribution is -2.54. The Morgan fingerprint density at radius 3 is 2.76 bits per heavy atom. The molecule has 2 unspecified atom stereocenters. The maximum absolute atomic E-state index is 11.9. The highest BCUT2D eigenvalue weighted by Gasteiger charge is 2.37. The molecular weight excluding hydrogens is 240 g/mol. The second kappa shape index (κ2) is 5.22. The predicted octanol–water partition coefficient (Wildman–Crippen LogP) is -0.275. The fourth-order valence-corrected chi connectivity index (χ4v) is 4.41. The van der Waals surface area contributed by atoms with Crippen molar-refractivity contribution in [1.29, 1.82) is 0 Å². The number of fused-ring (bicyclic) bond motifs is 1. The Morgan fingerprint density at radius 1 is 1.29 bits per heavy atom. The van der Waals surface area contributed by atoms with Gasteiger partial charge in [-0.1, -0.05) is 0 Å². The van der Waals surface area contributed by atoms with Crippen LogP contribution in [0.15, 0.2) is 0 Å². The van der Waals surface area contributed by atoms with Gasteiger partial charge in [-0.3, -0.25) is 0 Å². The van der Waals surface area contributed by atoms with Crippen LogP contribution in [0.1, 0.15) is 19.3 Å². The molecule has 2 aliphatic rings. The molecule has 0 bridgehead atoms. The molecule has 2 aliphatic heterocycles. The third kappa shape index (κ3) is 2.81. The summed E-state index contributed by atoms with van der Waals surface area (Å²) >= 11 is 0. The van der Waals surface area contributed by atoms with E-state index in [1.54, 1.807) is 4.31 Å². The highest BCUT2D eigenvalue weighted by Crippen LogP contribution is 2.30. The number of rotatable bonds is 3. The van der Waals surface area contributed by atoms with Crippen LogP contribution in [0, 0.1) is 5.92 Å². The minimum absolute atomic E-state index is 0.139. The molecule has 2 rings (SSSR count). The first-order chi connectivity index (χ1) is 8.04. The largest absolute Gasteiger partial charge is 0.395 e. The molecule has 0 aromatic heterocycles. The summed E-state index contributed by atoms with van der Waals surface area (Å²) in [6, 6.07) is 0.546. The van der Waals surface area contributed by atoms with Crippen molar-refractivity contribution in [3.05, 3.63) is 0 Å². The van der Waals surface area contributed by atoms with Crippen molar-refractivity contribution in [3.63, 3.8) is 0 Å². The SMILES string of the molecule is CN1CCCC2CN(S(=O)(=O)CCO)CCC21. The zero-order valence-corrected chi connectivity index (χ0v) is 11.2. The van der Waals surface area contributed by atoms with E-state index in [0.717, 1.165) is 25.8 Å². The molecule has 100 valence electrons. The Morgan fingerprint density at radius 2 is 2.06 bits per heavy atom. The van der Waals surface area contributed by atoms with Gasteiger partial charge in [-0.25, -0.2) is 12.7 Å². The second-order valence-electron chi connectivity index (χ2n) is 5.14. The van der Waals surface area contributed by atoms with Crippen LogP contribution in [-0.2, 0) is 10.0 Å². The molecule has 0 aromatic carbocycles. The van der Waals surface area contributed by atoms with Crippen LogP contribution in [0.25, 0.3) is 0 Å². The smallest absolute Gasteiger partial charge is 0.216 e. The number of hydrogen-bond donors (Lipinski definition) is 1. The van der Waals surface area contributed by atoms with Gasteiger partial charge in [0.2, 0.25) is 10.0 Å². The monoisotopic (exact) mass is 262 g/mol. The highest BCUT2D eigenvalue weighted by atomic mass is 32.2. The van der Waals surface area contributed by atoms with E-state index >= 15 is 0 Å². The number of nitrogens with zero attached hydrogens (tertiary/aromatic N) is 2. The van der Waals surface area contributed by atoms with Crippen LogP contribution < -0.4 is 0 Å². The number of aliphatic hydroxyl groups is 1. The third-order valence-corrected chi connectivity index (χ3v) is 5.87. The number of hydrogen-bond acceptors (Lipinski definition) is 4. The lowest BCUT2D eigenvalue weighted by atomic mass is 9.85. The van der Waals surface area contributed by atoms with Gasteiger partial charge in [0.15, 0.2) is 0 Å². The van der Waals surface area contributed by atoms with Gasteiger partial charge in [-0.2, -0.15) is 0 Å². The van der Waals surface area contributed by atoms with Crippen LogP contribution in [0.2, 0.25) is 0 Å². The molecule has 2 heterocycles. The van der Waals surface area contributed by atoms with Crippen molar-refractivity contribution in [1.82, 2.24) is 9.21 Å². The summed E-state index contributed by atoms with van der Waals surface area (Å²) in [5.74, 6) is 0.330. The normalized spacial score (nSPS) is 32.4. The van der Waals surface area contributed by atoms with E-state index in [9.17, 15) is 8.42 Å². The molecule has 2 saturated heterocycles. The van der Waals surface area contributed by atoms with Crippen molar-refractivity contribution in [2.24, 2.45) is 5.92 Å². The molecule has 1 N–H and O–H groups in total. The average Bonchev–Trinajstić information content (AvgIpc) is 2.29. The van der Waals surface area contributed by atoms with Gasteiger partial charge in [0.25, 0.3) is 0 Å². The Hall–Kier alpha value is -0.170. The second-order valence-corrected chi connectivity index (χ2v) is 7.23. The lowest BCUT2D eigenvalue weighted by Gasteiger charge is -2.45. The van der Waals surface area contributed by atoms with E-state index < -0.39 is 10.0 Å². The maximum Gasteiger partial charge on any atom is 0.216 e.